The van der Waals surface area contributed by atoms with Gasteiger partial charge < -0.3 is 10.2 Å². The van der Waals surface area contributed by atoms with E-state index in [0.29, 0.717) is 17.8 Å². The predicted octanol–water partition coefficient (Wildman–Crippen LogP) is 4.60. The second kappa shape index (κ2) is 10.5. The van der Waals surface area contributed by atoms with Gasteiger partial charge in [0.05, 0.1) is 10.6 Å². The Kier molecular flexibility index (Phi) is 7.76. The maximum Gasteiger partial charge on any atom is 0.264 e. The molecule has 3 aromatic carbocycles. The van der Waals surface area contributed by atoms with E-state index in [1.54, 1.807) is 48.5 Å². The molecule has 1 amide bonds. The maximum absolute atomic E-state index is 13.0. The number of amides is 1. The molecule has 1 N–H and O–H groups in total. The molecule has 0 heterocycles. The van der Waals surface area contributed by atoms with Crippen molar-refractivity contribution in [1.82, 2.24) is 5.32 Å². The van der Waals surface area contributed by atoms with Crippen LogP contribution in [0, 0.1) is 6.92 Å². The van der Waals surface area contributed by atoms with E-state index in [-0.39, 0.29) is 10.8 Å². The molecule has 7 heteroatoms. The Morgan fingerprint density at radius 3 is 2.12 bits per heavy atom. The minimum Gasteiger partial charge on any atom is -0.372 e. The second-order valence-corrected chi connectivity index (χ2v) is 9.83. The molecule has 0 saturated heterocycles. The van der Waals surface area contributed by atoms with Crippen LogP contribution in [0.3, 0.4) is 0 Å². The van der Waals surface area contributed by atoms with Gasteiger partial charge in [-0.25, -0.2) is 8.42 Å². The Morgan fingerprint density at radius 1 is 0.879 bits per heavy atom. The van der Waals surface area contributed by atoms with Crippen LogP contribution >= 0.6 is 0 Å². The standard InChI is InChI=1S/C26H31N3O3S/c1-5-29(6-2)23-14-12-21(13-15-23)19-27-26(30)22-8-7-9-24(18-22)28(4)33(31,32)25-16-10-20(3)11-17-25/h7-18H,5-6,19H2,1-4H3,(H,27,30). The van der Waals surface area contributed by atoms with Crippen LogP contribution in [-0.2, 0) is 16.6 Å². The minimum atomic E-state index is -3.72. The van der Waals surface area contributed by atoms with E-state index in [1.165, 1.54) is 11.4 Å². The highest BCUT2D eigenvalue weighted by molar-refractivity contribution is 7.92. The summed E-state index contributed by atoms with van der Waals surface area (Å²) < 4.78 is 27.1. The van der Waals surface area contributed by atoms with E-state index < -0.39 is 10.0 Å². The van der Waals surface area contributed by atoms with Crippen molar-refractivity contribution in [2.45, 2.75) is 32.2 Å². The summed E-state index contributed by atoms with van der Waals surface area (Å²) in [6.07, 6.45) is 0. The van der Waals surface area contributed by atoms with Gasteiger partial charge in [-0.15, -0.1) is 0 Å². The molecule has 0 aliphatic rings. The average molecular weight is 466 g/mol. The SMILES string of the molecule is CCN(CC)c1ccc(CNC(=O)c2cccc(N(C)S(=O)(=O)c3ccc(C)cc3)c2)cc1. The molecule has 0 radical (unpaired) electrons. The van der Waals surface area contributed by atoms with Crippen LogP contribution in [0.4, 0.5) is 11.4 Å². The minimum absolute atomic E-state index is 0.207. The Morgan fingerprint density at radius 2 is 1.52 bits per heavy atom. The molecule has 33 heavy (non-hydrogen) atoms. The lowest BCUT2D eigenvalue weighted by atomic mass is 10.1. The van der Waals surface area contributed by atoms with Crippen molar-refractivity contribution in [2.24, 2.45) is 0 Å². The molecule has 0 aromatic heterocycles. The molecular formula is C26H31N3O3S. The number of nitrogens with zero attached hydrogens (tertiary/aromatic N) is 2. The van der Waals surface area contributed by atoms with Crippen molar-refractivity contribution in [3.8, 4) is 0 Å². The molecular weight excluding hydrogens is 434 g/mol. The fraction of sp³-hybridized carbons (Fsp3) is 0.269. The summed E-state index contributed by atoms with van der Waals surface area (Å²) >= 11 is 0. The van der Waals surface area contributed by atoms with Crippen LogP contribution in [0.5, 0.6) is 0 Å². The van der Waals surface area contributed by atoms with Crippen LogP contribution in [0.1, 0.15) is 35.3 Å². The van der Waals surface area contributed by atoms with Crippen molar-refractivity contribution < 1.29 is 13.2 Å². The fourth-order valence-electron chi connectivity index (χ4n) is 3.55. The highest BCUT2D eigenvalue weighted by atomic mass is 32.2. The first-order valence-corrected chi connectivity index (χ1v) is 12.5. The molecule has 0 bridgehead atoms. The molecule has 0 atom stereocenters. The van der Waals surface area contributed by atoms with E-state index in [4.69, 9.17) is 0 Å². The number of hydrogen-bond donors (Lipinski definition) is 1. The zero-order valence-electron chi connectivity index (χ0n) is 19.6. The Bertz CT molecular complexity index is 1190. The summed E-state index contributed by atoms with van der Waals surface area (Å²) in [6, 6.07) is 21.4. The third kappa shape index (κ3) is 5.73. The van der Waals surface area contributed by atoms with Gasteiger partial charge in [-0.1, -0.05) is 35.9 Å². The molecule has 0 aliphatic heterocycles. The predicted molar refractivity (Wildman–Crippen MR) is 134 cm³/mol. The van der Waals surface area contributed by atoms with Crippen molar-refractivity contribution in [3.63, 3.8) is 0 Å². The van der Waals surface area contributed by atoms with Crippen LogP contribution in [0.25, 0.3) is 0 Å². The summed E-state index contributed by atoms with van der Waals surface area (Å²) in [5, 5.41) is 2.91. The van der Waals surface area contributed by atoms with E-state index in [0.717, 1.165) is 29.9 Å². The molecule has 0 aliphatic carbocycles. The van der Waals surface area contributed by atoms with Gasteiger partial charge in [0.1, 0.15) is 0 Å². The normalized spacial score (nSPS) is 11.2. The number of aryl methyl sites for hydroxylation is 1. The molecule has 3 aromatic rings. The highest BCUT2D eigenvalue weighted by Gasteiger charge is 2.22. The van der Waals surface area contributed by atoms with Crippen molar-refractivity contribution in [2.75, 3.05) is 29.3 Å². The molecule has 174 valence electrons. The van der Waals surface area contributed by atoms with E-state index in [2.05, 4.69) is 36.2 Å². The first-order chi connectivity index (χ1) is 15.8. The van der Waals surface area contributed by atoms with Crippen molar-refractivity contribution >= 4 is 27.3 Å². The smallest absolute Gasteiger partial charge is 0.264 e. The van der Waals surface area contributed by atoms with Crippen molar-refractivity contribution in [3.05, 3.63) is 89.5 Å². The largest absolute Gasteiger partial charge is 0.372 e. The third-order valence-corrected chi connectivity index (χ3v) is 7.47. The number of rotatable bonds is 9. The number of sulfonamides is 1. The van der Waals surface area contributed by atoms with E-state index in [1.807, 2.05) is 19.1 Å². The van der Waals surface area contributed by atoms with Gasteiger partial charge in [0, 0.05) is 37.9 Å². The van der Waals surface area contributed by atoms with E-state index >= 15 is 0 Å². The lowest BCUT2D eigenvalue weighted by Gasteiger charge is -2.21. The van der Waals surface area contributed by atoms with Crippen LogP contribution in [-0.4, -0.2) is 34.5 Å². The monoisotopic (exact) mass is 465 g/mol. The average Bonchev–Trinajstić information content (AvgIpc) is 2.84. The number of nitrogens with one attached hydrogen (secondary N) is 1. The lowest BCUT2D eigenvalue weighted by molar-refractivity contribution is 0.0951. The van der Waals surface area contributed by atoms with Crippen LogP contribution < -0.4 is 14.5 Å². The quantitative estimate of drug-likeness (QED) is 0.502. The molecule has 0 saturated carbocycles. The Balaban J connectivity index is 1.70. The number of hydrogen-bond acceptors (Lipinski definition) is 4. The van der Waals surface area contributed by atoms with E-state index in [9.17, 15) is 13.2 Å². The second-order valence-electron chi connectivity index (χ2n) is 7.86. The maximum atomic E-state index is 13.0. The number of carbonyl (C=O) groups excluding carboxylic acids is 1. The van der Waals surface area contributed by atoms with Gasteiger partial charge in [0.25, 0.3) is 15.9 Å². The fourth-order valence-corrected chi connectivity index (χ4v) is 4.74. The Hall–Kier alpha value is -3.32. The van der Waals surface area contributed by atoms with Gasteiger partial charge in [-0.2, -0.15) is 0 Å². The van der Waals surface area contributed by atoms with Crippen LogP contribution in [0.15, 0.2) is 77.7 Å². The summed E-state index contributed by atoms with van der Waals surface area (Å²) in [7, 11) is -2.23. The molecule has 6 nitrogen and oxygen atoms in total. The molecule has 0 fully saturated rings. The third-order valence-electron chi connectivity index (χ3n) is 5.67. The number of carbonyl (C=O) groups is 1. The summed E-state index contributed by atoms with van der Waals surface area (Å²) in [6.45, 7) is 8.42. The number of benzene rings is 3. The zero-order chi connectivity index (χ0) is 24.0. The molecule has 0 spiro atoms. The summed E-state index contributed by atoms with van der Waals surface area (Å²) in [5.74, 6) is -0.259. The lowest BCUT2D eigenvalue weighted by Crippen LogP contribution is -2.27. The van der Waals surface area contributed by atoms with Crippen molar-refractivity contribution in [1.29, 1.82) is 0 Å². The van der Waals surface area contributed by atoms with Gasteiger partial charge in [0.15, 0.2) is 0 Å². The number of anilines is 2. The van der Waals surface area contributed by atoms with Gasteiger partial charge >= 0.3 is 0 Å². The summed E-state index contributed by atoms with van der Waals surface area (Å²) in [5.41, 5.74) is 3.96. The van der Waals surface area contributed by atoms with Crippen LogP contribution in [0.2, 0.25) is 0 Å². The van der Waals surface area contributed by atoms with Gasteiger partial charge in [0.2, 0.25) is 0 Å². The molecule has 3 rings (SSSR count). The summed E-state index contributed by atoms with van der Waals surface area (Å²) in [4.78, 5) is 15.2. The zero-order valence-corrected chi connectivity index (χ0v) is 20.4. The molecule has 0 unspecified atom stereocenters. The first kappa shape index (κ1) is 24.3. The van der Waals surface area contributed by atoms with Gasteiger partial charge in [-0.3, -0.25) is 9.10 Å². The first-order valence-electron chi connectivity index (χ1n) is 11.0. The Labute approximate surface area is 196 Å². The van der Waals surface area contributed by atoms with Gasteiger partial charge in [-0.05, 0) is 68.8 Å². The highest BCUT2D eigenvalue weighted by Crippen LogP contribution is 2.23. The topological polar surface area (TPSA) is 69.7 Å².